The van der Waals surface area contributed by atoms with Crippen molar-refractivity contribution in [2.24, 2.45) is 0 Å². The Morgan fingerprint density at radius 2 is 1.27 bits per heavy atom. The third kappa shape index (κ3) is 3.36. The van der Waals surface area contributed by atoms with Gasteiger partial charge in [0.15, 0.2) is 19.7 Å². The normalized spacial score (nSPS) is 13.8. The van der Waals surface area contributed by atoms with Crippen molar-refractivity contribution < 1.29 is 21.2 Å². The Morgan fingerprint density at radius 3 is 1.73 bits per heavy atom. The van der Waals surface area contributed by atoms with Crippen LogP contribution in [0.2, 0.25) is 0 Å². The van der Waals surface area contributed by atoms with Crippen molar-refractivity contribution in [1.82, 2.24) is 0 Å². The molecule has 0 saturated heterocycles. The molecule has 0 aliphatic heterocycles. The van der Waals surface area contributed by atoms with E-state index >= 15 is 0 Å². The number of halogens is 1. The summed E-state index contributed by atoms with van der Waals surface area (Å²) in [5.74, 6) is -0.439. The van der Waals surface area contributed by atoms with Crippen molar-refractivity contribution in [2.45, 2.75) is 22.0 Å². The molecule has 0 amide bonds. The number of hydrogen-bond acceptors (Lipinski definition) is 4. The first-order valence-corrected chi connectivity index (χ1v) is 9.85. The lowest BCUT2D eigenvalue weighted by atomic mass is 10.2. The Labute approximate surface area is 129 Å². The molecule has 0 radical (unpaired) electrons. The van der Waals surface area contributed by atoms with Gasteiger partial charge in [0, 0.05) is 6.26 Å². The highest BCUT2D eigenvalue weighted by atomic mass is 32.2. The Kier molecular flexibility index (Phi) is 4.39. The van der Waals surface area contributed by atoms with E-state index < -0.39 is 30.7 Å². The first-order valence-electron chi connectivity index (χ1n) is 6.42. The second-order valence-electron chi connectivity index (χ2n) is 4.98. The Bertz CT molecular complexity index is 868. The zero-order valence-corrected chi connectivity index (χ0v) is 13.7. The first-order chi connectivity index (χ1) is 10.1. The molecule has 2 rings (SSSR count). The van der Waals surface area contributed by atoms with Gasteiger partial charge in [-0.15, -0.1) is 0 Å². The van der Waals surface area contributed by atoms with E-state index in [4.69, 9.17) is 0 Å². The SMILES string of the molecule is CC(c1ccc(F)cc1)S(=O)(=O)c1ccc(S(C)(=O)=O)cc1. The molecule has 1 atom stereocenters. The van der Waals surface area contributed by atoms with Crippen LogP contribution in [0, 0.1) is 5.82 Å². The Morgan fingerprint density at radius 1 is 0.818 bits per heavy atom. The van der Waals surface area contributed by atoms with Crippen LogP contribution in [0.25, 0.3) is 0 Å². The van der Waals surface area contributed by atoms with E-state index in [1.165, 1.54) is 55.5 Å². The van der Waals surface area contributed by atoms with Gasteiger partial charge in [-0.05, 0) is 48.9 Å². The van der Waals surface area contributed by atoms with Gasteiger partial charge in [0.2, 0.25) is 0 Å². The van der Waals surface area contributed by atoms with Gasteiger partial charge < -0.3 is 0 Å². The standard InChI is InChI=1S/C15H15FO4S2/c1-11(12-3-5-13(16)6-4-12)22(19,20)15-9-7-14(8-10-15)21(2,17)18/h3-11H,1-2H3. The fraction of sp³-hybridized carbons (Fsp3) is 0.200. The molecule has 7 heteroatoms. The van der Waals surface area contributed by atoms with Gasteiger partial charge in [-0.2, -0.15) is 0 Å². The summed E-state index contributed by atoms with van der Waals surface area (Å²) in [6, 6.07) is 10.3. The summed E-state index contributed by atoms with van der Waals surface area (Å²) in [7, 11) is -7.06. The van der Waals surface area contributed by atoms with Crippen LogP contribution in [0.5, 0.6) is 0 Å². The van der Waals surface area contributed by atoms with Gasteiger partial charge in [-0.1, -0.05) is 12.1 Å². The van der Waals surface area contributed by atoms with Crippen LogP contribution in [0.3, 0.4) is 0 Å². The molecule has 0 aliphatic rings. The molecule has 0 saturated carbocycles. The highest BCUT2D eigenvalue weighted by molar-refractivity contribution is 7.91. The molecule has 0 bridgehead atoms. The molecule has 0 fully saturated rings. The lowest BCUT2D eigenvalue weighted by Crippen LogP contribution is -2.11. The minimum absolute atomic E-state index is 0.0247. The maximum Gasteiger partial charge on any atom is 0.185 e. The van der Waals surface area contributed by atoms with Gasteiger partial charge in [0.1, 0.15) is 5.82 Å². The predicted octanol–water partition coefficient (Wildman–Crippen LogP) is 2.76. The fourth-order valence-electron chi connectivity index (χ4n) is 1.99. The minimum Gasteiger partial charge on any atom is -0.224 e. The summed E-state index contributed by atoms with van der Waals surface area (Å²) < 4.78 is 60.8. The van der Waals surface area contributed by atoms with E-state index in [0.29, 0.717) is 5.56 Å². The quantitative estimate of drug-likeness (QED) is 0.857. The third-order valence-electron chi connectivity index (χ3n) is 3.39. The Balaban J connectivity index is 2.39. The first kappa shape index (κ1) is 16.6. The molecule has 2 aromatic rings. The molecule has 4 nitrogen and oxygen atoms in total. The van der Waals surface area contributed by atoms with Crippen LogP contribution in [0.4, 0.5) is 4.39 Å². The van der Waals surface area contributed by atoms with Gasteiger partial charge in [-0.25, -0.2) is 21.2 Å². The maximum atomic E-state index is 12.9. The van der Waals surface area contributed by atoms with Crippen LogP contribution < -0.4 is 0 Å². The fourth-order valence-corrected chi connectivity index (χ4v) is 4.06. The summed E-state index contributed by atoms with van der Waals surface area (Å²) in [4.78, 5) is 0.0811. The monoisotopic (exact) mass is 342 g/mol. The second-order valence-corrected chi connectivity index (χ2v) is 9.27. The van der Waals surface area contributed by atoms with Crippen LogP contribution in [-0.4, -0.2) is 23.1 Å². The predicted molar refractivity (Wildman–Crippen MR) is 81.6 cm³/mol. The summed E-state index contributed by atoms with van der Waals surface area (Å²) in [6.07, 6.45) is 1.05. The number of benzene rings is 2. The molecule has 2 aromatic carbocycles. The molecular weight excluding hydrogens is 327 g/mol. The molecule has 1 unspecified atom stereocenters. The summed E-state index contributed by atoms with van der Waals surface area (Å²) >= 11 is 0. The minimum atomic E-state index is -3.68. The molecule has 0 aliphatic carbocycles. The van der Waals surface area contributed by atoms with E-state index in [9.17, 15) is 21.2 Å². The van der Waals surface area contributed by atoms with Crippen molar-refractivity contribution in [3.05, 3.63) is 59.9 Å². The van der Waals surface area contributed by atoms with Gasteiger partial charge >= 0.3 is 0 Å². The Hall–Kier alpha value is -1.73. The molecule has 0 spiro atoms. The molecule has 118 valence electrons. The number of hydrogen-bond donors (Lipinski definition) is 0. The van der Waals surface area contributed by atoms with Gasteiger partial charge in [-0.3, -0.25) is 0 Å². The maximum absolute atomic E-state index is 12.9. The number of sulfone groups is 2. The van der Waals surface area contributed by atoms with Crippen LogP contribution in [-0.2, 0) is 19.7 Å². The van der Waals surface area contributed by atoms with E-state index in [-0.39, 0.29) is 9.79 Å². The topological polar surface area (TPSA) is 68.3 Å². The van der Waals surface area contributed by atoms with E-state index in [0.717, 1.165) is 6.26 Å². The van der Waals surface area contributed by atoms with Crippen molar-refractivity contribution in [2.75, 3.05) is 6.26 Å². The molecule has 0 aromatic heterocycles. The van der Waals surface area contributed by atoms with E-state index in [1.54, 1.807) is 0 Å². The lowest BCUT2D eigenvalue weighted by Gasteiger charge is -2.13. The average Bonchev–Trinajstić information content (AvgIpc) is 2.46. The van der Waals surface area contributed by atoms with Crippen molar-refractivity contribution in [1.29, 1.82) is 0 Å². The molecule has 22 heavy (non-hydrogen) atoms. The van der Waals surface area contributed by atoms with E-state index in [2.05, 4.69) is 0 Å². The zero-order valence-electron chi connectivity index (χ0n) is 12.0. The van der Waals surface area contributed by atoms with Crippen molar-refractivity contribution >= 4 is 19.7 Å². The lowest BCUT2D eigenvalue weighted by molar-refractivity contribution is 0.584. The molecular formula is C15H15FO4S2. The zero-order chi connectivity index (χ0) is 16.5. The second kappa shape index (κ2) is 5.81. The summed E-state index contributed by atoms with van der Waals surface area (Å²) in [5.41, 5.74) is 0.466. The van der Waals surface area contributed by atoms with Crippen LogP contribution in [0.15, 0.2) is 58.3 Å². The third-order valence-corrected chi connectivity index (χ3v) is 6.65. The van der Waals surface area contributed by atoms with Crippen molar-refractivity contribution in [3.63, 3.8) is 0 Å². The van der Waals surface area contributed by atoms with Gasteiger partial charge in [0.25, 0.3) is 0 Å². The van der Waals surface area contributed by atoms with Gasteiger partial charge in [0.05, 0.1) is 15.0 Å². The summed E-state index contributed by atoms with van der Waals surface area (Å²) in [5, 5.41) is -0.864. The van der Waals surface area contributed by atoms with Crippen LogP contribution in [0.1, 0.15) is 17.7 Å². The molecule has 0 N–H and O–H groups in total. The highest BCUT2D eigenvalue weighted by Crippen LogP contribution is 2.29. The summed E-state index contributed by atoms with van der Waals surface area (Å²) in [6.45, 7) is 1.51. The van der Waals surface area contributed by atoms with E-state index in [1.807, 2.05) is 0 Å². The smallest absolute Gasteiger partial charge is 0.185 e. The average molecular weight is 342 g/mol. The molecule has 0 heterocycles. The van der Waals surface area contributed by atoms with Crippen LogP contribution >= 0.6 is 0 Å². The highest BCUT2D eigenvalue weighted by Gasteiger charge is 2.25. The van der Waals surface area contributed by atoms with Crippen molar-refractivity contribution in [3.8, 4) is 0 Å². The number of rotatable bonds is 4. The largest absolute Gasteiger partial charge is 0.224 e.